The van der Waals surface area contributed by atoms with Gasteiger partial charge in [0.05, 0.1) is 0 Å². The number of hydrogen-bond donors (Lipinski definition) is 2. The lowest BCUT2D eigenvalue weighted by molar-refractivity contribution is 0.0919. The number of aliphatic hydroxyl groups is 1. The highest BCUT2D eigenvalue weighted by molar-refractivity contribution is 9.10. The molecular weight excluding hydrogens is 278 g/mol. The zero-order valence-electron chi connectivity index (χ0n) is 8.66. The van der Waals surface area contributed by atoms with Crippen LogP contribution in [0.4, 0.5) is 0 Å². The summed E-state index contributed by atoms with van der Waals surface area (Å²) in [4.78, 5) is 12.4. The molecule has 2 N–H and O–H groups in total. The van der Waals surface area contributed by atoms with Crippen molar-refractivity contribution >= 4 is 33.2 Å². The van der Waals surface area contributed by atoms with Gasteiger partial charge in [-0.25, -0.2) is 0 Å². The van der Waals surface area contributed by atoms with Crippen molar-refractivity contribution in [3.8, 4) is 0 Å². The Labute approximate surface area is 102 Å². The minimum atomic E-state index is -0.0929. The highest BCUT2D eigenvalue weighted by Gasteiger charge is 2.17. The molecule has 0 aliphatic carbocycles. The van der Waals surface area contributed by atoms with Crippen molar-refractivity contribution in [3.63, 3.8) is 0 Å². The Bertz CT molecular complexity index is 340. The van der Waals surface area contributed by atoms with Gasteiger partial charge in [-0.3, -0.25) is 4.79 Å². The maximum atomic E-state index is 11.7. The van der Waals surface area contributed by atoms with Crippen molar-refractivity contribution in [2.24, 2.45) is 5.92 Å². The van der Waals surface area contributed by atoms with E-state index in [2.05, 4.69) is 21.2 Å². The molecule has 2 atom stereocenters. The lowest BCUT2D eigenvalue weighted by Gasteiger charge is -2.18. The molecule has 0 aliphatic heterocycles. The van der Waals surface area contributed by atoms with E-state index < -0.39 is 0 Å². The van der Waals surface area contributed by atoms with E-state index in [-0.39, 0.29) is 24.5 Å². The van der Waals surface area contributed by atoms with E-state index in [1.807, 2.05) is 25.3 Å². The molecule has 0 saturated heterocycles. The third-order valence-electron chi connectivity index (χ3n) is 2.32. The van der Waals surface area contributed by atoms with Gasteiger partial charge in [0.1, 0.15) is 4.88 Å². The number of thiophene rings is 1. The molecule has 1 amide bonds. The minimum absolute atomic E-state index is 0.0310. The Morgan fingerprint density at radius 2 is 2.33 bits per heavy atom. The van der Waals surface area contributed by atoms with Crippen LogP contribution in [0.1, 0.15) is 23.5 Å². The third-order valence-corrected chi connectivity index (χ3v) is 4.16. The summed E-state index contributed by atoms with van der Waals surface area (Å²) in [6.07, 6.45) is 0. The first-order chi connectivity index (χ1) is 7.06. The first kappa shape index (κ1) is 12.7. The summed E-state index contributed by atoms with van der Waals surface area (Å²) in [6, 6.07) is 1.82. The summed E-state index contributed by atoms with van der Waals surface area (Å²) >= 11 is 4.71. The van der Waals surface area contributed by atoms with Gasteiger partial charge >= 0.3 is 0 Å². The Kier molecular flexibility index (Phi) is 4.76. The van der Waals surface area contributed by atoms with E-state index in [1.165, 1.54) is 11.3 Å². The smallest absolute Gasteiger partial charge is 0.262 e. The van der Waals surface area contributed by atoms with Crippen LogP contribution in [0.2, 0.25) is 0 Å². The van der Waals surface area contributed by atoms with Gasteiger partial charge < -0.3 is 10.4 Å². The van der Waals surface area contributed by atoms with Crippen molar-refractivity contribution in [2.45, 2.75) is 19.9 Å². The van der Waals surface area contributed by atoms with Gasteiger partial charge in [-0.2, -0.15) is 0 Å². The Balaban J connectivity index is 2.60. The van der Waals surface area contributed by atoms with Crippen molar-refractivity contribution in [3.05, 3.63) is 20.8 Å². The number of amides is 1. The molecule has 15 heavy (non-hydrogen) atoms. The maximum absolute atomic E-state index is 11.7. The Morgan fingerprint density at radius 1 is 1.67 bits per heavy atom. The normalized spacial score (nSPS) is 14.7. The fraction of sp³-hybridized carbons (Fsp3) is 0.500. The lowest BCUT2D eigenvalue weighted by Crippen LogP contribution is -2.38. The molecule has 0 saturated carbocycles. The number of carbonyl (C=O) groups excluding carboxylic acids is 1. The topological polar surface area (TPSA) is 49.3 Å². The van der Waals surface area contributed by atoms with E-state index >= 15 is 0 Å². The predicted octanol–water partition coefficient (Wildman–Crippen LogP) is 2.26. The molecule has 1 aromatic rings. The van der Waals surface area contributed by atoms with Crippen molar-refractivity contribution in [2.75, 3.05) is 6.61 Å². The van der Waals surface area contributed by atoms with Gasteiger partial charge in [0.25, 0.3) is 5.91 Å². The first-order valence-corrected chi connectivity index (χ1v) is 6.38. The maximum Gasteiger partial charge on any atom is 0.262 e. The fourth-order valence-electron chi connectivity index (χ4n) is 1.03. The highest BCUT2D eigenvalue weighted by atomic mass is 79.9. The van der Waals surface area contributed by atoms with Crippen LogP contribution in [0, 0.1) is 5.92 Å². The van der Waals surface area contributed by atoms with E-state index in [0.29, 0.717) is 4.88 Å². The van der Waals surface area contributed by atoms with Crippen molar-refractivity contribution in [1.29, 1.82) is 0 Å². The van der Waals surface area contributed by atoms with Crippen molar-refractivity contribution in [1.82, 2.24) is 5.32 Å². The highest BCUT2D eigenvalue weighted by Crippen LogP contribution is 2.22. The first-order valence-electron chi connectivity index (χ1n) is 4.71. The quantitative estimate of drug-likeness (QED) is 0.894. The van der Waals surface area contributed by atoms with Crippen LogP contribution in [-0.2, 0) is 0 Å². The standard InChI is InChI=1S/C10H14BrNO2S/c1-6(5-13)7(2)12-10(14)9-8(11)3-4-15-9/h3-4,6-7,13H,5H2,1-2H3,(H,12,14). The largest absolute Gasteiger partial charge is 0.396 e. The molecule has 0 aromatic carbocycles. The SMILES string of the molecule is CC(CO)C(C)NC(=O)c1sccc1Br. The Hall–Kier alpha value is -0.390. The molecule has 0 spiro atoms. The molecule has 84 valence electrons. The molecule has 0 aliphatic rings. The minimum Gasteiger partial charge on any atom is -0.396 e. The molecular formula is C10H14BrNO2S. The summed E-state index contributed by atoms with van der Waals surface area (Å²) in [5.74, 6) is -0.0302. The van der Waals surface area contributed by atoms with E-state index in [4.69, 9.17) is 5.11 Å². The number of hydrogen-bond acceptors (Lipinski definition) is 3. The number of halogens is 1. The molecule has 1 rings (SSSR count). The van der Waals surface area contributed by atoms with Crippen LogP contribution in [0.25, 0.3) is 0 Å². The average molecular weight is 292 g/mol. The Morgan fingerprint density at radius 3 is 2.80 bits per heavy atom. The zero-order chi connectivity index (χ0) is 11.4. The van der Waals surface area contributed by atoms with Gasteiger partial charge in [0.2, 0.25) is 0 Å². The molecule has 3 nitrogen and oxygen atoms in total. The van der Waals surface area contributed by atoms with Gasteiger partial charge in [-0.05, 0) is 40.2 Å². The average Bonchev–Trinajstić information content (AvgIpc) is 2.63. The van der Waals surface area contributed by atoms with Crippen LogP contribution in [-0.4, -0.2) is 23.7 Å². The van der Waals surface area contributed by atoms with Gasteiger partial charge in [-0.15, -0.1) is 11.3 Å². The summed E-state index contributed by atoms with van der Waals surface area (Å²) < 4.78 is 0.814. The predicted molar refractivity (Wildman–Crippen MR) is 65.2 cm³/mol. The number of nitrogens with one attached hydrogen (secondary N) is 1. The zero-order valence-corrected chi connectivity index (χ0v) is 11.1. The fourth-order valence-corrected chi connectivity index (χ4v) is 2.48. The molecule has 1 aromatic heterocycles. The second-order valence-corrected chi connectivity index (χ2v) is 5.29. The molecule has 0 bridgehead atoms. The summed E-state index contributed by atoms with van der Waals surface area (Å²) in [5.41, 5.74) is 0. The van der Waals surface area contributed by atoms with Crippen LogP contribution < -0.4 is 5.32 Å². The number of carbonyl (C=O) groups is 1. The van der Waals surface area contributed by atoms with Crippen LogP contribution in [0.3, 0.4) is 0 Å². The lowest BCUT2D eigenvalue weighted by atomic mass is 10.1. The molecule has 0 fully saturated rings. The third kappa shape index (κ3) is 3.29. The number of rotatable bonds is 4. The van der Waals surface area contributed by atoms with Gasteiger partial charge in [0, 0.05) is 17.1 Å². The van der Waals surface area contributed by atoms with Crippen LogP contribution >= 0.6 is 27.3 Å². The van der Waals surface area contributed by atoms with E-state index in [9.17, 15) is 4.79 Å². The van der Waals surface area contributed by atoms with Gasteiger partial charge in [0.15, 0.2) is 0 Å². The summed E-state index contributed by atoms with van der Waals surface area (Å²) in [6.45, 7) is 3.86. The summed E-state index contributed by atoms with van der Waals surface area (Å²) in [5, 5.41) is 13.7. The number of aliphatic hydroxyl groups excluding tert-OH is 1. The van der Waals surface area contributed by atoms with Crippen molar-refractivity contribution < 1.29 is 9.90 Å². The second kappa shape index (κ2) is 5.63. The summed E-state index contributed by atoms with van der Waals surface area (Å²) in [7, 11) is 0. The molecule has 5 heteroatoms. The molecule has 1 heterocycles. The molecule has 2 unspecified atom stereocenters. The second-order valence-electron chi connectivity index (χ2n) is 3.52. The van der Waals surface area contributed by atoms with E-state index in [0.717, 1.165) is 4.47 Å². The van der Waals surface area contributed by atoms with Gasteiger partial charge in [-0.1, -0.05) is 6.92 Å². The monoisotopic (exact) mass is 291 g/mol. The van der Waals surface area contributed by atoms with E-state index in [1.54, 1.807) is 0 Å². The van der Waals surface area contributed by atoms with Crippen LogP contribution in [0.15, 0.2) is 15.9 Å². The van der Waals surface area contributed by atoms with Crippen LogP contribution in [0.5, 0.6) is 0 Å². The molecule has 0 radical (unpaired) electrons.